The van der Waals surface area contributed by atoms with Gasteiger partial charge in [-0.15, -0.1) is 25.3 Å². The van der Waals surface area contributed by atoms with Crippen LogP contribution in [0.3, 0.4) is 0 Å². The molecule has 3 aromatic heterocycles. The van der Waals surface area contributed by atoms with E-state index in [1.165, 1.54) is 0 Å². The van der Waals surface area contributed by atoms with Crippen molar-refractivity contribution in [2.45, 2.75) is 9.79 Å². The number of nitrogens with zero attached hydrogens (tertiary/aromatic N) is 3. The van der Waals surface area contributed by atoms with E-state index in [0.29, 0.717) is 43.0 Å². The second kappa shape index (κ2) is 7.12. The topological polar surface area (TPSA) is 99.1 Å². The Morgan fingerprint density at radius 3 is 1.57 bits per heavy atom. The number of benzene rings is 2. The normalized spacial score (nSPS) is 11.3. The fraction of sp³-hybridized carbons (Fsp3) is 0. The Kier molecular flexibility index (Phi) is 4.41. The lowest BCUT2D eigenvalue weighted by Crippen LogP contribution is -2.05. The molecule has 0 spiro atoms. The number of thiol groups is 2. The molecule has 3 heterocycles. The standard InChI is InChI=1S/C21H11N3O4S2/c25-20-12-8-10(29)4-6-14(12)23-18(27-20)16-2-1-3-17(22-16)19-24-15-7-5-11(30)9-13(15)21(26)28-19/h1-9,29-30H. The van der Waals surface area contributed by atoms with Crippen LogP contribution in [0.5, 0.6) is 0 Å². The summed E-state index contributed by atoms with van der Waals surface area (Å²) in [5.74, 6) is 0.0910. The van der Waals surface area contributed by atoms with Gasteiger partial charge in [0.05, 0.1) is 21.8 Å². The van der Waals surface area contributed by atoms with Crippen LogP contribution in [0, 0.1) is 0 Å². The highest BCUT2D eigenvalue weighted by molar-refractivity contribution is 7.80. The summed E-state index contributed by atoms with van der Waals surface area (Å²) in [4.78, 5) is 39.1. The third kappa shape index (κ3) is 3.27. The Morgan fingerprint density at radius 2 is 1.10 bits per heavy atom. The predicted octanol–water partition coefficient (Wildman–Crippen LogP) is 4.00. The summed E-state index contributed by atoms with van der Waals surface area (Å²) in [5.41, 5.74) is 0.439. The monoisotopic (exact) mass is 433 g/mol. The highest BCUT2D eigenvalue weighted by Crippen LogP contribution is 2.23. The fourth-order valence-electron chi connectivity index (χ4n) is 3.01. The van der Waals surface area contributed by atoms with Gasteiger partial charge in [0.15, 0.2) is 0 Å². The van der Waals surface area contributed by atoms with Gasteiger partial charge in [-0.1, -0.05) is 6.07 Å². The molecule has 0 bridgehead atoms. The molecule has 5 rings (SSSR count). The number of fused-ring (bicyclic) bond motifs is 2. The number of hydrogen-bond donors (Lipinski definition) is 2. The molecule has 0 atom stereocenters. The highest BCUT2D eigenvalue weighted by Gasteiger charge is 2.14. The molecule has 9 heteroatoms. The first-order valence-electron chi connectivity index (χ1n) is 8.73. The number of aromatic nitrogens is 3. The van der Waals surface area contributed by atoms with Gasteiger partial charge in [-0.05, 0) is 48.5 Å². The van der Waals surface area contributed by atoms with E-state index in [1.54, 1.807) is 54.6 Å². The molecule has 146 valence electrons. The van der Waals surface area contributed by atoms with Gasteiger partial charge < -0.3 is 8.83 Å². The van der Waals surface area contributed by atoms with E-state index in [0.717, 1.165) is 0 Å². The Hall–Kier alpha value is -3.43. The quantitative estimate of drug-likeness (QED) is 0.406. The average molecular weight is 433 g/mol. The van der Waals surface area contributed by atoms with Crippen molar-refractivity contribution in [3.8, 4) is 23.2 Å². The second-order valence-electron chi connectivity index (χ2n) is 6.42. The van der Waals surface area contributed by atoms with Crippen LogP contribution >= 0.6 is 25.3 Å². The van der Waals surface area contributed by atoms with Crippen LogP contribution in [0.25, 0.3) is 45.0 Å². The zero-order valence-electron chi connectivity index (χ0n) is 15.1. The summed E-state index contributed by atoms with van der Waals surface area (Å²) in [7, 11) is 0. The molecule has 0 unspecified atom stereocenters. The zero-order chi connectivity index (χ0) is 20.8. The van der Waals surface area contributed by atoms with E-state index in [2.05, 4.69) is 40.2 Å². The van der Waals surface area contributed by atoms with Crippen LogP contribution in [0.2, 0.25) is 0 Å². The van der Waals surface area contributed by atoms with Crippen molar-refractivity contribution in [3.05, 3.63) is 75.4 Å². The van der Waals surface area contributed by atoms with E-state index in [4.69, 9.17) is 8.83 Å². The summed E-state index contributed by atoms with van der Waals surface area (Å²) in [5, 5.41) is 0.654. The van der Waals surface area contributed by atoms with Gasteiger partial charge in [0.25, 0.3) is 0 Å². The third-order valence-corrected chi connectivity index (χ3v) is 4.97. The lowest BCUT2D eigenvalue weighted by molar-refractivity contribution is 0.512. The summed E-state index contributed by atoms with van der Waals surface area (Å²) < 4.78 is 10.7. The van der Waals surface area contributed by atoms with Crippen molar-refractivity contribution in [2.24, 2.45) is 0 Å². The first kappa shape index (κ1) is 18.6. The summed E-state index contributed by atoms with van der Waals surface area (Å²) in [6.07, 6.45) is 0. The molecule has 2 aromatic carbocycles. The number of hydrogen-bond acceptors (Lipinski definition) is 9. The van der Waals surface area contributed by atoms with E-state index in [9.17, 15) is 9.59 Å². The van der Waals surface area contributed by atoms with E-state index in [1.807, 2.05) is 0 Å². The van der Waals surface area contributed by atoms with E-state index >= 15 is 0 Å². The maximum atomic E-state index is 12.4. The van der Waals surface area contributed by atoms with Gasteiger partial charge in [0, 0.05) is 9.79 Å². The molecule has 0 fully saturated rings. The van der Waals surface area contributed by atoms with Crippen molar-refractivity contribution >= 4 is 47.1 Å². The Bertz CT molecular complexity index is 1460. The average Bonchev–Trinajstić information content (AvgIpc) is 2.74. The minimum atomic E-state index is -0.545. The maximum absolute atomic E-state index is 12.4. The smallest absolute Gasteiger partial charge is 0.347 e. The van der Waals surface area contributed by atoms with Gasteiger partial charge in [-0.25, -0.2) is 24.5 Å². The molecule has 7 nitrogen and oxygen atoms in total. The third-order valence-electron chi connectivity index (χ3n) is 4.41. The van der Waals surface area contributed by atoms with Crippen LogP contribution in [0.15, 0.2) is 82.8 Å². The van der Waals surface area contributed by atoms with Gasteiger partial charge in [-0.2, -0.15) is 0 Å². The predicted molar refractivity (Wildman–Crippen MR) is 117 cm³/mol. The SMILES string of the molecule is O=c1oc(-c2cccc(-c3nc4ccc(S)cc4c(=O)o3)n2)nc2ccc(S)cc12. The highest BCUT2D eigenvalue weighted by atomic mass is 32.1. The molecule has 0 aliphatic carbocycles. The minimum Gasteiger partial charge on any atom is -0.401 e. The molecule has 30 heavy (non-hydrogen) atoms. The first-order chi connectivity index (χ1) is 14.5. The van der Waals surface area contributed by atoms with Crippen molar-refractivity contribution in [3.63, 3.8) is 0 Å². The van der Waals surface area contributed by atoms with Crippen LogP contribution in [-0.4, -0.2) is 15.0 Å². The van der Waals surface area contributed by atoms with Crippen LogP contribution in [0.1, 0.15) is 0 Å². The molecular weight excluding hydrogens is 422 g/mol. The van der Waals surface area contributed by atoms with Crippen LogP contribution in [0.4, 0.5) is 0 Å². The van der Waals surface area contributed by atoms with Crippen molar-refractivity contribution < 1.29 is 8.83 Å². The Labute approximate surface area is 179 Å². The minimum absolute atomic E-state index is 0.0455. The molecular formula is C21H11N3O4S2. The van der Waals surface area contributed by atoms with Crippen LogP contribution in [-0.2, 0) is 0 Å². The molecule has 0 aliphatic heterocycles. The second-order valence-corrected chi connectivity index (χ2v) is 7.46. The van der Waals surface area contributed by atoms with Gasteiger partial charge in [0.1, 0.15) is 11.4 Å². The lowest BCUT2D eigenvalue weighted by Gasteiger charge is -2.05. The summed E-state index contributed by atoms with van der Waals surface area (Å²) >= 11 is 8.46. The van der Waals surface area contributed by atoms with Gasteiger partial charge in [0.2, 0.25) is 11.8 Å². The molecule has 0 radical (unpaired) electrons. The van der Waals surface area contributed by atoms with Crippen molar-refractivity contribution in [1.82, 2.24) is 15.0 Å². The van der Waals surface area contributed by atoms with Crippen LogP contribution < -0.4 is 11.3 Å². The largest absolute Gasteiger partial charge is 0.401 e. The Morgan fingerprint density at radius 1 is 0.633 bits per heavy atom. The van der Waals surface area contributed by atoms with Crippen molar-refractivity contribution in [1.29, 1.82) is 0 Å². The molecule has 0 N–H and O–H groups in total. The maximum Gasteiger partial charge on any atom is 0.347 e. The Balaban J connectivity index is 1.65. The fourth-order valence-corrected chi connectivity index (χ4v) is 3.42. The van der Waals surface area contributed by atoms with E-state index < -0.39 is 11.3 Å². The summed E-state index contributed by atoms with van der Waals surface area (Å²) in [6, 6.07) is 15.0. The summed E-state index contributed by atoms with van der Waals surface area (Å²) in [6.45, 7) is 0. The molecule has 5 aromatic rings. The molecule has 0 aliphatic rings. The first-order valence-corrected chi connectivity index (χ1v) is 9.63. The van der Waals surface area contributed by atoms with Crippen molar-refractivity contribution in [2.75, 3.05) is 0 Å². The van der Waals surface area contributed by atoms with E-state index in [-0.39, 0.29) is 11.8 Å². The zero-order valence-corrected chi connectivity index (χ0v) is 16.9. The van der Waals surface area contributed by atoms with Gasteiger partial charge >= 0.3 is 11.3 Å². The van der Waals surface area contributed by atoms with Gasteiger partial charge in [-0.3, -0.25) is 0 Å². The molecule has 0 saturated heterocycles. The lowest BCUT2D eigenvalue weighted by atomic mass is 10.2. The molecule has 0 saturated carbocycles. The number of rotatable bonds is 2. The number of pyridine rings is 1. The molecule has 0 amide bonds.